The third kappa shape index (κ3) is 3.03. The summed E-state index contributed by atoms with van der Waals surface area (Å²) in [6, 6.07) is 9.36. The summed E-state index contributed by atoms with van der Waals surface area (Å²) in [5.74, 6) is -0.907. The van der Waals surface area contributed by atoms with Crippen molar-refractivity contribution >= 4 is 28.9 Å². The molecule has 1 N–H and O–H groups in total. The molecule has 0 aliphatic carbocycles. The van der Waals surface area contributed by atoms with Crippen LogP contribution in [-0.4, -0.2) is 36.3 Å². The van der Waals surface area contributed by atoms with E-state index in [0.717, 1.165) is 16.9 Å². The maximum absolute atomic E-state index is 10.8. The van der Waals surface area contributed by atoms with Gasteiger partial charge in [-0.15, -0.1) is 0 Å². The van der Waals surface area contributed by atoms with Crippen LogP contribution in [0.15, 0.2) is 47.9 Å². The minimum absolute atomic E-state index is 0.0362. The van der Waals surface area contributed by atoms with Crippen LogP contribution in [0.4, 0.5) is 0 Å². The summed E-state index contributed by atoms with van der Waals surface area (Å²) in [6.45, 7) is 0.510. The number of thioether (sulfide) groups is 1. The minimum atomic E-state index is -0.871. The molecule has 106 valence electrons. The highest BCUT2D eigenvalue weighted by Crippen LogP contribution is 2.23. The number of carboxylic acids is 1. The van der Waals surface area contributed by atoms with Crippen LogP contribution in [0.1, 0.15) is 5.69 Å². The highest BCUT2D eigenvalue weighted by atomic mass is 32.2. The number of aliphatic carboxylic acids is 1. The van der Waals surface area contributed by atoms with Crippen molar-refractivity contribution in [2.75, 3.05) is 5.75 Å². The van der Waals surface area contributed by atoms with Crippen LogP contribution in [0.25, 0.3) is 11.2 Å². The molecule has 0 amide bonds. The predicted molar refractivity (Wildman–Crippen MR) is 79.2 cm³/mol. The first-order valence-corrected chi connectivity index (χ1v) is 7.28. The van der Waals surface area contributed by atoms with Gasteiger partial charge in [0.2, 0.25) is 0 Å². The maximum Gasteiger partial charge on any atom is 0.313 e. The first-order valence-electron chi connectivity index (χ1n) is 6.30. The van der Waals surface area contributed by atoms with Gasteiger partial charge in [0.05, 0.1) is 18.0 Å². The summed E-state index contributed by atoms with van der Waals surface area (Å²) in [6.07, 6.45) is 3.43. The largest absolute Gasteiger partial charge is 0.481 e. The number of aromatic nitrogens is 4. The first kappa shape index (κ1) is 13.6. The summed E-state index contributed by atoms with van der Waals surface area (Å²) in [5.41, 5.74) is 2.36. The first-order chi connectivity index (χ1) is 10.2. The number of fused-ring (bicyclic) bond motifs is 1. The molecule has 0 fully saturated rings. The second-order valence-corrected chi connectivity index (χ2v) is 5.27. The number of imidazole rings is 1. The van der Waals surface area contributed by atoms with Gasteiger partial charge in [0.25, 0.3) is 0 Å². The van der Waals surface area contributed by atoms with Crippen LogP contribution in [0.2, 0.25) is 0 Å². The van der Waals surface area contributed by atoms with E-state index in [1.165, 1.54) is 11.8 Å². The Morgan fingerprint density at radius 1 is 1.19 bits per heavy atom. The quantitative estimate of drug-likeness (QED) is 0.726. The van der Waals surface area contributed by atoms with Gasteiger partial charge in [-0.1, -0.05) is 17.8 Å². The van der Waals surface area contributed by atoms with Gasteiger partial charge in [-0.2, -0.15) is 0 Å². The molecule has 3 aromatic rings. The van der Waals surface area contributed by atoms with Crippen LogP contribution in [0, 0.1) is 0 Å². The molecule has 3 aromatic heterocycles. The second-order valence-electron chi connectivity index (χ2n) is 4.33. The Hall–Kier alpha value is -2.41. The predicted octanol–water partition coefficient (Wildman–Crippen LogP) is 2.05. The van der Waals surface area contributed by atoms with E-state index in [1.807, 2.05) is 34.9 Å². The lowest BCUT2D eigenvalue weighted by atomic mass is 10.3. The van der Waals surface area contributed by atoms with E-state index in [0.29, 0.717) is 11.7 Å². The molecule has 0 saturated heterocycles. The van der Waals surface area contributed by atoms with E-state index in [1.54, 1.807) is 12.4 Å². The van der Waals surface area contributed by atoms with Crippen molar-refractivity contribution < 1.29 is 9.90 Å². The van der Waals surface area contributed by atoms with Crippen LogP contribution < -0.4 is 0 Å². The Labute approximate surface area is 124 Å². The Morgan fingerprint density at radius 2 is 2.05 bits per heavy atom. The van der Waals surface area contributed by atoms with Crippen molar-refractivity contribution in [1.82, 2.24) is 19.5 Å². The lowest BCUT2D eigenvalue weighted by Gasteiger charge is -2.06. The van der Waals surface area contributed by atoms with Crippen molar-refractivity contribution in [1.29, 1.82) is 0 Å². The van der Waals surface area contributed by atoms with Gasteiger partial charge in [0, 0.05) is 12.4 Å². The molecule has 0 radical (unpaired) electrons. The molecular weight excluding hydrogens is 288 g/mol. The fourth-order valence-corrected chi connectivity index (χ4v) is 2.69. The van der Waals surface area contributed by atoms with Gasteiger partial charge in [-0.25, -0.2) is 9.97 Å². The molecule has 0 bridgehead atoms. The highest BCUT2D eigenvalue weighted by Gasteiger charge is 2.14. The maximum atomic E-state index is 10.8. The summed E-state index contributed by atoms with van der Waals surface area (Å²) < 4.78 is 1.89. The summed E-state index contributed by atoms with van der Waals surface area (Å²) in [7, 11) is 0. The third-order valence-electron chi connectivity index (χ3n) is 2.84. The van der Waals surface area contributed by atoms with E-state index in [4.69, 9.17) is 5.11 Å². The molecule has 7 heteroatoms. The third-order valence-corrected chi connectivity index (χ3v) is 3.80. The van der Waals surface area contributed by atoms with E-state index in [9.17, 15) is 4.79 Å². The Bertz CT molecular complexity index is 773. The monoisotopic (exact) mass is 300 g/mol. The lowest BCUT2D eigenvalue weighted by molar-refractivity contribution is -0.133. The summed E-state index contributed by atoms with van der Waals surface area (Å²) in [5, 5.41) is 9.48. The van der Waals surface area contributed by atoms with Gasteiger partial charge in [0.1, 0.15) is 5.52 Å². The fraction of sp³-hybridized carbons (Fsp3) is 0.143. The van der Waals surface area contributed by atoms with Crippen molar-refractivity contribution in [2.45, 2.75) is 11.7 Å². The van der Waals surface area contributed by atoms with Crippen LogP contribution in [0.3, 0.4) is 0 Å². The van der Waals surface area contributed by atoms with Crippen molar-refractivity contribution in [2.24, 2.45) is 0 Å². The Balaban J connectivity index is 2.00. The van der Waals surface area contributed by atoms with Crippen LogP contribution in [0.5, 0.6) is 0 Å². The number of carbonyl (C=O) groups is 1. The zero-order valence-corrected chi connectivity index (χ0v) is 11.8. The molecule has 3 rings (SSSR count). The zero-order chi connectivity index (χ0) is 14.7. The molecule has 6 nitrogen and oxygen atoms in total. The molecule has 21 heavy (non-hydrogen) atoms. The number of carboxylic acid groups (broad SMARTS) is 1. The highest BCUT2D eigenvalue weighted by molar-refractivity contribution is 7.99. The molecule has 0 unspecified atom stereocenters. The van der Waals surface area contributed by atoms with Crippen LogP contribution >= 0.6 is 11.8 Å². The van der Waals surface area contributed by atoms with Crippen LogP contribution in [-0.2, 0) is 11.3 Å². The molecule has 0 spiro atoms. The molecule has 0 saturated carbocycles. The minimum Gasteiger partial charge on any atom is -0.481 e. The Morgan fingerprint density at radius 3 is 2.81 bits per heavy atom. The second kappa shape index (κ2) is 5.92. The number of hydrogen-bond acceptors (Lipinski definition) is 5. The van der Waals surface area contributed by atoms with E-state index < -0.39 is 5.97 Å². The van der Waals surface area contributed by atoms with E-state index in [-0.39, 0.29) is 5.75 Å². The molecule has 0 aliphatic rings. The van der Waals surface area contributed by atoms with Gasteiger partial charge in [0.15, 0.2) is 10.8 Å². The zero-order valence-electron chi connectivity index (χ0n) is 11.0. The summed E-state index contributed by atoms with van der Waals surface area (Å²) in [4.78, 5) is 23.9. The van der Waals surface area contributed by atoms with E-state index >= 15 is 0 Å². The molecular formula is C14H12N4O2S. The SMILES string of the molecule is O=C(O)CSc1nc2cccnc2n1Cc1ccccn1. The van der Waals surface area contributed by atoms with Gasteiger partial charge in [-0.05, 0) is 24.3 Å². The van der Waals surface area contributed by atoms with Crippen molar-refractivity contribution in [3.8, 4) is 0 Å². The fourth-order valence-electron chi connectivity index (χ4n) is 1.97. The number of hydrogen-bond donors (Lipinski definition) is 1. The smallest absolute Gasteiger partial charge is 0.313 e. The van der Waals surface area contributed by atoms with Crippen molar-refractivity contribution in [3.05, 3.63) is 48.4 Å². The molecule has 0 aromatic carbocycles. The van der Waals surface area contributed by atoms with Gasteiger partial charge >= 0.3 is 5.97 Å². The van der Waals surface area contributed by atoms with Gasteiger partial charge < -0.3 is 5.11 Å². The average molecular weight is 300 g/mol. The standard InChI is InChI=1S/C14H12N4O2S/c19-12(20)9-21-14-17-11-5-3-7-16-13(11)18(14)8-10-4-1-2-6-15-10/h1-7H,8-9H2,(H,19,20). The molecule has 3 heterocycles. The Kier molecular flexibility index (Phi) is 3.83. The molecule has 0 aliphatic heterocycles. The summed E-state index contributed by atoms with van der Waals surface area (Å²) >= 11 is 1.18. The van der Waals surface area contributed by atoms with E-state index in [2.05, 4.69) is 15.0 Å². The molecule has 0 atom stereocenters. The lowest BCUT2D eigenvalue weighted by Crippen LogP contribution is -2.06. The average Bonchev–Trinajstić information content (AvgIpc) is 2.84. The van der Waals surface area contributed by atoms with Gasteiger partial charge in [-0.3, -0.25) is 14.3 Å². The number of pyridine rings is 2. The normalized spacial score (nSPS) is 10.9. The van der Waals surface area contributed by atoms with Crippen molar-refractivity contribution in [3.63, 3.8) is 0 Å². The number of rotatable bonds is 5. The number of nitrogens with zero attached hydrogens (tertiary/aromatic N) is 4. The topological polar surface area (TPSA) is 80.9 Å².